The van der Waals surface area contributed by atoms with Gasteiger partial charge in [0.2, 0.25) is 0 Å². The quantitative estimate of drug-likeness (QED) is 0.506. The predicted molar refractivity (Wildman–Crippen MR) is 93.7 cm³/mol. The van der Waals surface area contributed by atoms with Crippen LogP contribution in [0.5, 0.6) is 0 Å². The molecule has 0 saturated heterocycles. The molecule has 3 aromatic rings. The Hall–Kier alpha value is -1.86. The van der Waals surface area contributed by atoms with Crippen molar-refractivity contribution in [2.45, 2.75) is 12.8 Å². The van der Waals surface area contributed by atoms with E-state index >= 15 is 0 Å². The summed E-state index contributed by atoms with van der Waals surface area (Å²) in [6.45, 7) is 2.18. The van der Waals surface area contributed by atoms with Crippen LogP contribution in [0.4, 0.5) is 0 Å². The highest BCUT2D eigenvalue weighted by Gasteiger charge is 2.21. The fraction of sp³-hybridized carbons (Fsp3) is 0.100. The molecular weight excluding hydrogens is 320 g/mol. The number of fused-ring (bicyclic) bond motifs is 2. The van der Waals surface area contributed by atoms with E-state index in [1.165, 1.54) is 37.5 Å². The van der Waals surface area contributed by atoms with E-state index < -0.39 is 0 Å². The van der Waals surface area contributed by atoms with Crippen LogP contribution in [0.2, 0.25) is 0 Å². The molecule has 0 aliphatic heterocycles. The minimum Gasteiger partial charge on any atom is -0.0720 e. The topological polar surface area (TPSA) is 0 Å². The Morgan fingerprint density at radius 3 is 2.57 bits per heavy atom. The van der Waals surface area contributed by atoms with Crippen LogP contribution < -0.4 is 0 Å². The van der Waals surface area contributed by atoms with Gasteiger partial charge >= 0.3 is 0 Å². The van der Waals surface area contributed by atoms with E-state index in [9.17, 15) is 0 Å². The summed E-state index contributed by atoms with van der Waals surface area (Å²) in [7, 11) is 0. The smallest absolute Gasteiger partial charge is 0.0285 e. The highest BCUT2D eigenvalue weighted by molar-refractivity contribution is 9.10. The molecule has 0 bridgehead atoms. The van der Waals surface area contributed by atoms with Gasteiger partial charge in [0.1, 0.15) is 0 Å². The van der Waals surface area contributed by atoms with Crippen molar-refractivity contribution >= 4 is 32.8 Å². The third-order valence-electron chi connectivity index (χ3n) is 4.37. The van der Waals surface area contributed by atoms with Gasteiger partial charge in [-0.15, -0.1) is 0 Å². The zero-order valence-corrected chi connectivity index (χ0v) is 13.4. The van der Waals surface area contributed by atoms with Crippen molar-refractivity contribution in [2.75, 3.05) is 0 Å². The maximum atomic E-state index is 3.74. The van der Waals surface area contributed by atoms with Crippen LogP contribution in [0.3, 0.4) is 0 Å². The molecule has 3 aromatic carbocycles. The molecule has 1 aliphatic carbocycles. The Morgan fingerprint density at radius 2 is 1.67 bits per heavy atom. The summed E-state index contributed by atoms with van der Waals surface area (Å²) >= 11 is 3.74. The molecule has 4 rings (SSSR count). The van der Waals surface area contributed by atoms with Gasteiger partial charge in [0.25, 0.3) is 0 Å². The number of halogens is 1. The minimum atomic E-state index is 0.350. The second kappa shape index (κ2) is 4.85. The molecule has 0 spiro atoms. The zero-order valence-electron chi connectivity index (χ0n) is 11.8. The first-order valence-corrected chi connectivity index (χ1v) is 8.00. The van der Waals surface area contributed by atoms with Crippen molar-refractivity contribution < 1.29 is 0 Å². The lowest BCUT2D eigenvalue weighted by molar-refractivity contribution is 1.06. The van der Waals surface area contributed by atoms with Crippen LogP contribution >= 0.6 is 15.9 Å². The number of benzene rings is 3. The van der Waals surface area contributed by atoms with E-state index in [2.05, 4.69) is 89.6 Å². The molecule has 0 saturated carbocycles. The summed E-state index contributed by atoms with van der Waals surface area (Å²) in [5.74, 6) is 0.350. The second-order valence-corrected chi connectivity index (χ2v) is 6.45. The van der Waals surface area contributed by atoms with Gasteiger partial charge < -0.3 is 0 Å². The summed E-state index contributed by atoms with van der Waals surface area (Å²) < 4.78 is 1.18. The lowest BCUT2D eigenvalue weighted by Gasteiger charge is -2.16. The number of rotatable bonds is 1. The summed E-state index contributed by atoms with van der Waals surface area (Å²) in [6.07, 6.45) is 4.55. The van der Waals surface area contributed by atoms with Crippen LogP contribution in [0.1, 0.15) is 28.2 Å². The van der Waals surface area contributed by atoms with E-state index in [-0.39, 0.29) is 0 Å². The molecule has 0 amide bonds. The van der Waals surface area contributed by atoms with E-state index in [4.69, 9.17) is 0 Å². The zero-order chi connectivity index (χ0) is 14.4. The van der Waals surface area contributed by atoms with Gasteiger partial charge in [-0.2, -0.15) is 0 Å². The summed E-state index contributed by atoms with van der Waals surface area (Å²) in [5.41, 5.74) is 5.44. The van der Waals surface area contributed by atoms with E-state index in [0.717, 1.165) is 0 Å². The summed E-state index contributed by atoms with van der Waals surface area (Å²) in [5, 5.41) is 2.67. The van der Waals surface area contributed by atoms with E-state index in [0.29, 0.717) is 5.92 Å². The van der Waals surface area contributed by atoms with Crippen molar-refractivity contribution in [3.8, 4) is 0 Å². The summed E-state index contributed by atoms with van der Waals surface area (Å²) in [4.78, 5) is 0. The van der Waals surface area contributed by atoms with Crippen LogP contribution in [-0.2, 0) is 0 Å². The molecule has 1 aliphatic rings. The molecule has 0 nitrogen and oxygen atoms in total. The number of hydrogen-bond donors (Lipinski definition) is 0. The van der Waals surface area contributed by atoms with Gasteiger partial charge in [0, 0.05) is 15.8 Å². The number of allylic oxidation sites excluding steroid dienone is 1. The standard InChI is InChI=1S/C20H15Br/c1-13-9-12-19(21)20-15(13)7-4-8-18(20)17-11-10-14-5-2-3-6-16(14)17/h2-12,17H,1H3. The SMILES string of the molecule is Cc1ccc(Br)c2c(C3C=Cc4ccccc43)cccc12. The molecule has 21 heavy (non-hydrogen) atoms. The van der Waals surface area contributed by atoms with Crippen LogP contribution in [0.15, 0.2) is 65.1 Å². The maximum absolute atomic E-state index is 3.74. The Morgan fingerprint density at radius 1 is 0.857 bits per heavy atom. The average Bonchev–Trinajstić information content (AvgIpc) is 2.94. The maximum Gasteiger partial charge on any atom is 0.0285 e. The molecule has 0 fully saturated rings. The van der Waals surface area contributed by atoms with Crippen molar-refractivity contribution in [2.24, 2.45) is 0 Å². The first-order valence-electron chi connectivity index (χ1n) is 7.20. The molecule has 0 heterocycles. The van der Waals surface area contributed by atoms with Gasteiger partial charge in [-0.3, -0.25) is 0 Å². The minimum absolute atomic E-state index is 0.350. The fourth-order valence-corrected chi connectivity index (χ4v) is 3.89. The van der Waals surface area contributed by atoms with E-state index in [1.54, 1.807) is 0 Å². The Kier molecular flexibility index (Phi) is 2.97. The predicted octanol–water partition coefficient (Wildman–Crippen LogP) is 6.07. The van der Waals surface area contributed by atoms with Gasteiger partial charge in [-0.25, -0.2) is 0 Å². The lowest BCUT2D eigenvalue weighted by atomic mass is 9.88. The van der Waals surface area contributed by atoms with Gasteiger partial charge in [-0.1, -0.05) is 76.6 Å². The molecule has 0 N–H and O–H groups in total. The van der Waals surface area contributed by atoms with Crippen molar-refractivity contribution in [1.29, 1.82) is 0 Å². The fourth-order valence-electron chi connectivity index (χ4n) is 3.32. The number of aryl methyl sites for hydroxylation is 1. The monoisotopic (exact) mass is 334 g/mol. The van der Waals surface area contributed by atoms with Crippen molar-refractivity contribution in [3.63, 3.8) is 0 Å². The molecule has 0 aromatic heterocycles. The van der Waals surface area contributed by atoms with Crippen molar-refractivity contribution in [3.05, 3.63) is 87.4 Å². The van der Waals surface area contributed by atoms with E-state index in [1.807, 2.05) is 0 Å². The van der Waals surface area contributed by atoms with Crippen LogP contribution in [-0.4, -0.2) is 0 Å². The Balaban J connectivity index is 2.01. The third-order valence-corrected chi connectivity index (χ3v) is 5.04. The van der Waals surface area contributed by atoms with Gasteiger partial charge in [0.15, 0.2) is 0 Å². The van der Waals surface area contributed by atoms with Crippen LogP contribution in [0, 0.1) is 6.92 Å². The third kappa shape index (κ3) is 1.96. The molecule has 102 valence electrons. The highest BCUT2D eigenvalue weighted by atomic mass is 79.9. The average molecular weight is 335 g/mol. The molecule has 1 heteroatoms. The second-order valence-electron chi connectivity index (χ2n) is 5.60. The first-order chi connectivity index (χ1) is 10.3. The molecule has 0 radical (unpaired) electrons. The molecular formula is C20H15Br. The number of hydrogen-bond acceptors (Lipinski definition) is 0. The van der Waals surface area contributed by atoms with Gasteiger partial charge in [0.05, 0.1) is 0 Å². The Labute approximate surface area is 133 Å². The van der Waals surface area contributed by atoms with Crippen LogP contribution in [0.25, 0.3) is 16.8 Å². The highest BCUT2D eigenvalue weighted by Crippen LogP contribution is 2.40. The van der Waals surface area contributed by atoms with Crippen molar-refractivity contribution in [1.82, 2.24) is 0 Å². The molecule has 1 atom stereocenters. The molecule has 1 unspecified atom stereocenters. The Bertz CT molecular complexity index is 874. The van der Waals surface area contributed by atoms with Gasteiger partial charge in [-0.05, 0) is 40.6 Å². The lowest BCUT2D eigenvalue weighted by Crippen LogP contribution is -1.98. The first kappa shape index (κ1) is 12.8. The largest absolute Gasteiger partial charge is 0.0720 e. The summed E-state index contributed by atoms with van der Waals surface area (Å²) in [6, 6.07) is 19.6. The normalized spacial score (nSPS) is 16.4.